The monoisotopic (exact) mass is 444 g/mol. The van der Waals surface area contributed by atoms with Crippen molar-refractivity contribution in [2.75, 3.05) is 13.2 Å². The van der Waals surface area contributed by atoms with Gasteiger partial charge >= 0.3 is 5.97 Å². The molecule has 0 aromatic carbocycles. The Bertz CT molecular complexity index is 418. The number of aliphatic hydroxyl groups is 1. The number of hydrogen-bond donors (Lipinski definition) is 1. The fraction of sp³-hybridized carbons (Fsp3) is 0.960. The second-order valence-electron chi connectivity index (χ2n) is 10.4. The lowest BCUT2D eigenvalue weighted by Crippen LogP contribution is -2.43. The van der Waals surface area contributed by atoms with E-state index < -0.39 is 14.4 Å². The van der Waals surface area contributed by atoms with Gasteiger partial charge in [-0.2, -0.15) is 0 Å². The number of ether oxygens (including phenoxy) is 1. The first-order valence-electron chi connectivity index (χ1n) is 12.6. The highest BCUT2D eigenvalue weighted by Gasteiger charge is 2.37. The van der Waals surface area contributed by atoms with E-state index in [0.29, 0.717) is 6.42 Å². The molecule has 0 saturated heterocycles. The molecule has 0 amide bonds. The highest BCUT2D eigenvalue weighted by Crippen LogP contribution is 2.36. The van der Waals surface area contributed by atoms with Crippen LogP contribution in [0, 0.1) is 0 Å². The fourth-order valence-corrected chi connectivity index (χ4v) is 4.21. The van der Waals surface area contributed by atoms with Crippen LogP contribution in [0.15, 0.2) is 0 Å². The second-order valence-corrected chi connectivity index (χ2v) is 15.2. The average molecular weight is 445 g/mol. The van der Waals surface area contributed by atoms with Gasteiger partial charge in [0.1, 0.15) is 6.10 Å². The lowest BCUT2D eigenvalue weighted by Gasteiger charge is -2.37. The number of hydrogen-bond acceptors (Lipinski definition) is 4. The predicted molar refractivity (Wildman–Crippen MR) is 130 cm³/mol. The molecule has 1 N–H and O–H groups in total. The van der Waals surface area contributed by atoms with Crippen LogP contribution in [0.3, 0.4) is 0 Å². The van der Waals surface area contributed by atoms with E-state index in [1.807, 2.05) is 0 Å². The van der Waals surface area contributed by atoms with Crippen LogP contribution in [0.1, 0.15) is 118 Å². The topological polar surface area (TPSA) is 55.8 Å². The van der Waals surface area contributed by atoms with Gasteiger partial charge in [-0.3, -0.25) is 4.79 Å². The van der Waals surface area contributed by atoms with Crippen LogP contribution in [0.4, 0.5) is 0 Å². The highest BCUT2D eigenvalue weighted by atomic mass is 28.4. The van der Waals surface area contributed by atoms with Gasteiger partial charge in [0.05, 0.1) is 13.2 Å². The molecule has 0 saturated carbocycles. The standard InChI is InChI=1S/C25H52O4Si/c1-7-8-9-10-11-12-13-14-15-16-17-18-19-20-24(27)29-23(21-26)22-28-30(5,6)25(2,3)4/h23,26H,7-22H2,1-6H3. The van der Waals surface area contributed by atoms with E-state index in [9.17, 15) is 9.90 Å². The first-order chi connectivity index (χ1) is 14.1. The number of carbonyl (C=O) groups excluding carboxylic acids is 1. The molecule has 0 aromatic rings. The maximum Gasteiger partial charge on any atom is 0.306 e. The average Bonchev–Trinajstić information content (AvgIpc) is 2.67. The molecule has 0 fully saturated rings. The Hall–Kier alpha value is -0.393. The van der Waals surface area contributed by atoms with Crippen molar-refractivity contribution in [3.05, 3.63) is 0 Å². The molecule has 0 aliphatic heterocycles. The Labute approximate surface area is 188 Å². The summed E-state index contributed by atoms with van der Waals surface area (Å²) in [5, 5.41) is 9.62. The van der Waals surface area contributed by atoms with E-state index in [2.05, 4.69) is 40.8 Å². The number of carbonyl (C=O) groups is 1. The molecule has 1 unspecified atom stereocenters. The van der Waals surface area contributed by atoms with Gasteiger partial charge in [0.25, 0.3) is 0 Å². The van der Waals surface area contributed by atoms with Crippen molar-refractivity contribution in [2.24, 2.45) is 0 Å². The van der Waals surface area contributed by atoms with Crippen LogP contribution in [0.2, 0.25) is 18.1 Å². The van der Waals surface area contributed by atoms with Crippen LogP contribution >= 0.6 is 0 Å². The van der Waals surface area contributed by atoms with Crippen molar-refractivity contribution >= 4 is 14.3 Å². The molecule has 0 aliphatic rings. The zero-order chi connectivity index (χ0) is 22.9. The van der Waals surface area contributed by atoms with Gasteiger partial charge in [-0.05, 0) is 24.6 Å². The van der Waals surface area contributed by atoms with E-state index in [-0.39, 0.29) is 24.2 Å². The maximum atomic E-state index is 12.1. The summed E-state index contributed by atoms with van der Waals surface area (Å²) in [4.78, 5) is 12.1. The second kappa shape index (κ2) is 17.2. The summed E-state index contributed by atoms with van der Waals surface area (Å²) >= 11 is 0. The Morgan fingerprint density at radius 2 is 1.27 bits per heavy atom. The molecule has 0 heterocycles. The summed E-state index contributed by atoms with van der Waals surface area (Å²) in [6.07, 6.45) is 16.7. The van der Waals surface area contributed by atoms with Gasteiger partial charge in [0, 0.05) is 6.42 Å². The molecule has 180 valence electrons. The first-order valence-corrected chi connectivity index (χ1v) is 15.5. The van der Waals surface area contributed by atoms with Crippen LogP contribution in [0.25, 0.3) is 0 Å². The highest BCUT2D eigenvalue weighted by molar-refractivity contribution is 6.74. The van der Waals surface area contributed by atoms with Gasteiger partial charge < -0.3 is 14.3 Å². The van der Waals surface area contributed by atoms with Crippen molar-refractivity contribution in [1.29, 1.82) is 0 Å². The van der Waals surface area contributed by atoms with E-state index in [4.69, 9.17) is 9.16 Å². The minimum absolute atomic E-state index is 0.103. The maximum absolute atomic E-state index is 12.1. The van der Waals surface area contributed by atoms with Gasteiger partial charge in [-0.15, -0.1) is 0 Å². The Balaban J connectivity index is 3.67. The molecule has 0 rings (SSSR count). The van der Waals surface area contributed by atoms with Crippen molar-refractivity contribution in [3.63, 3.8) is 0 Å². The van der Waals surface area contributed by atoms with E-state index in [1.54, 1.807) is 0 Å². The minimum Gasteiger partial charge on any atom is -0.457 e. The molecule has 0 bridgehead atoms. The van der Waals surface area contributed by atoms with Crippen LogP contribution in [0.5, 0.6) is 0 Å². The smallest absolute Gasteiger partial charge is 0.306 e. The molecular weight excluding hydrogens is 392 g/mol. The van der Waals surface area contributed by atoms with Crippen LogP contribution in [-0.4, -0.2) is 38.7 Å². The van der Waals surface area contributed by atoms with Gasteiger partial charge in [-0.1, -0.05) is 105 Å². The summed E-state index contributed by atoms with van der Waals surface area (Å²) in [7, 11) is -1.90. The van der Waals surface area contributed by atoms with E-state index in [0.717, 1.165) is 12.8 Å². The third-order valence-corrected chi connectivity index (χ3v) is 10.9. The molecule has 30 heavy (non-hydrogen) atoms. The quantitative estimate of drug-likeness (QED) is 0.128. The molecule has 5 heteroatoms. The summed E-state index contributed by atoms with van der Waals surface area (Å²) in [5.74, 6) is -0.212. The molecule has 1 atom stereocenters. The van der Waals surface area contributed by atoms with Crippen molar-refractivity contribution in [1.82, 2.24) is 0 Å². The summed E-state index contributed by atoms with van der Waals surface area (Å²) < 4.78 is 11.5. The number of rotatable bonds is 19. The number of esters is 1. The molecule has 0 spiro atoms. The number of unbranched alkanes of at least 4 members (excludes halogenated alkanes) is 12. The van der Waals surface area contributed by atoms with Gasteiger partial charge in [0.15, 0.2) is 8.32 Å². The first kappa shape index (κ1) is 29.6. The van der Waals surface area contributed by atoms with Crippen molar-refractivity contribution < 1.29 is 19.1 Å². The van der Waals surface area contributed by atoms with Gasteiger partial charge in [0.2, 0.25) is 0 Å². The third kappa shape index (κ3) is 15.4. The van der Waals surface area contributed by atoms with Crippen molar-refractivity contribution in [3.8, 4) is 0 Å². The minimum atomic E-state index is -1.90. The fourth-order valence-electron chi connectivity index (χ4n) is 3.17. The zero-order valence-corrected chi connectivity index (χ0v) is 22.1. The SMILES string of the molecule is CCCCCCCCCCCCCCCC(=O)OC(CO)CO[Si](C)(C)C(C)(C)C. The largest absolute Gasteiger partial charge is 0.457 e. The lowest BCUT2D eigenvalue weighted by atomic mass is 10.0. The summed E-state index contributed by atoms with van der Waals surface area (Å²) in [6, 6.07) is 0. The zero-order valence-electron chi connectivity index (χ0n) is 21.1. The normalized spacial score (nSPS) is 13.4. The van der Waals surface area contributed by atoms with Gasteiger partial charge in [-0.25, -0.2) is 0 Å². The molecule has 0 aromatic heterocycles. The van der Waals surface area contributed by atoms with Crippen LogP contribution in [-0.2, 0) is 14.0 Å². The Morgan fingerprint density at radius 3 is 1.67 bits per heavy atom. The predicted octanol–water partition coefficient (Wildman–Crippen LogP) is 7.39. The van der Waals surface area contributed by atoms with Crippen LogP contribution < -0.4 is 0 Å². The lowest BCUT2D eigenvalue weighted by molar-refractivity contribution is -0.153. The Kier molecular flexibility index (Phi) is 17.0. The third-order valence-electron chi connectivity index (χ3n) is 6.42. The summed E-state index contributed by atoms with van der Waals surface area (Å²) in [5.41, 5.74) is 0. The summed E-state index contributed by atoms with van der Waals surface area (Å²) in [6.45, 7) is 13.2. The van der Waals surface area contributed by atoms with E-state index in [1.165, 1.54) is 70.6 Å². The Morgan fingerprint density at radius 1 is 0.833 bits per heavy atom. The van der Waals surface area contributed by atoms with E-state index >= 15 is 0 Å². The molecule has 0 aliphatic carbocycles. The molecular formula is C25H52O4Si. The molecule has 0 radical (unpaired) electrons. The van der Waals surface area contributed by atoms with Crippen molar-refractivity contribution in [2.45, 2.75) is 142 Å². The number of aliphatic hydroxyl groups excluding tert-OH is 1. The molecule has 4 nitrogen and oxygen atoms in total.